The van der Waals surface area contributed by atoms with Crippen molar-refractivity contribution < 1.29 is 4.39 Å². The zero-order valence-electron chi connectivity index (χ0n) is 27.8. The normalized spacial score (nSPS) is 11.4. The summed E-state index contributed by atoms with van der Waals surface area (Å²) in [6.07, 6.45) is 14.7. The molecule has 6 nitrogen and oxygen atoms in total. The quantitative estimate of drug-likeness (QED) is 0.0675. The van der Waals surface area contributed by atoms with E-state index in [2.05, 4.69) is 100 Å². The summed E-state index contributed by atoms with van der Waals surface area (Å²) in [4.78, 5) is 0. The number of unbranched alkanes of at least 4 members (excludes halogenated alkanes) is 10. The van der Waals surface area contributed by atoms with Gasteiger partial charge in [-0.15, -0.1) is 0 Å². The van der Waals surface area contributed by atoms with Crippen molar-refractivity contribution in [2.75, 3.05) is 0 Å². The molecule has 0 aliphatic carbocycles. The minimum absolute atomic E-state index is 0.286. The van der Waals surface area contributed by atoms with Gasteiger partial charge in [0, 0.05) is 0 Å². The maximum absolute atomic E-state index is 15.5. The van der Waals surface area contributed by atoms with E-state index < -0.39 is 41.8 Å². The summed E-state index contributed by atoms with van der Waals surface area (Å²) in [6.45, 7) is 6.18. The van der Waals surface area contributed by atoms with Gasteiger partial charge in [-0.25, -0.2) is 0 Å². The van der Waals surface area contributed by atoms with Crippen LogP contribution in [0.25, 0.3) is 22.5 Å². The third-order valence-corrected chi connectivity index (χ3v) is 14.5. The first-order chi connectivity index (χ1) is 23.2. The maximum atomic E-state index is 15.5. The van der Waals surface area contributed by atoms with Gasteiger partial charge in [-0.2, -0.15) is 0 Å². The van der Waals surface area contributed by atoms with E-state index in [1.807, 2.05) is 0 Å². The molecule has 0 fully saturated rings. The first-order valence-electron chi connectivity index (χ1n) is 17.3. The third kappa shape index (κ3) is 10.7. The van der Waals surface area contributed by atoms with Crippen molar-refractivity contribution in [3.8, 4) is 22.5 Å². The van der Waals surface area contributed by atoms with Crippen LogP contribution in [0.2, 0.25) is 0 Å². The van der Waals surface area contributed by atoms with Crippen LogP contribution in [0.3, 0.4) is 0 Å². The van der Waals surface area contributed by atoms with Crippen molar-refractivity contribution in [3.63, 3.8) is 0 Å². The van der Waals surface area contributed by atoms with Crippen LogP contribution in [0.5, 0.6) is 0 Å². The molecule has 0 radical (unpaired) electrons. The van der Waals surface area contributed by atoms with E-state index in [1.165, 1.54) is 71.4 Å². The monoisotopic (exact) mass is 866 g/mol. The predicted molar refractivity (Wildman–Crippen MR) is 194 cm³/mol. The standard InChI is InChI=1S/C38H47FN6Te2/c1-3-5-7-9-11-19-25-44-37(46-33-21-15-13-16-22-33)35(40-42-44)30-27-31(29-32(39)28-30)36-38(47-34-23-17-14-18-24-34)45(43-41-36)26-20-12-10-8-6-4-2/h13-18,21-24,27-29H,3-12,19-20,25-26H2,1-2H3. The van der Waals surface area contributed by atoms with E-state index in [4.69, 9.17) is 10.2 Å². The molecule has 0 N–H and O–H groups in total. The molecule has 2 aromatic heterocycles. The second kappa shape index (κ2) is 19.4. The van der Waals surface area contributed by atoms with Gasteiger partial charge in [-0.3, -0.25) is 0 Å². The fourth-order valence-electron chi connectivity index (χ4n) is 5.61. The van der Waals surface area contributed by atoms with Crippen molar-refractivity contribution >= 4 is 56.6 Å². The first-order valence-corrected chi connectivity index (χ1v) is 22.0. The molecule has 0 unspecified atom stereocenters. The molecule has 0 spiro atoms. The Bertz CT molecular complexity index is 1520. The van der Waals surface area contributed by atoms with Crippen LogP contribution in [0.1, 0.15) is 90.9 Å². The van der Waals surface area contributed by atoms with Crippen LogP contribution in [0, 0.1) is 5.82 Å². The summed E-state index contributed by atoms with van der Waals surface area (Å²) in [5.74, 6) is -0.286. The summed E-state index contributed by atoms with van der Waals surface area (Å²) >= 11 is -1.60. The fraction of sp³-hybridized carbons (Fsp3) is 0.421. The van der Waals surface area contributed by atoms with Gasteiger partial charge in [0.15, 0.2) is 0 Å². The van der Waals surface area contributed by atoms with Gasteiger partial charge in [0.2, 0.25) is 0 Å². The summed E-state index contributed by atoms with van der Waals surface area (Å²) in [5, 5.41) is 18.7. The van der Waals surface area contributed by atoms with E-state index in [9.17, 15) is 0 Å². The molecule has 9 heteroatoms. The Morgan fingerprint density at radius 2 is 0.936 bits per heavy atom. The van der Waals surface area contributed by atoms with Crippen LogP contribution in [-0.2, 0) is 13.1 Å². The molecular weight excluding hydrogens is 815 g/mol. The average Bonchev–Trinajstić information content (AvgIpc) is 3.68. The summed E-state index contributed by atoms with van der Waals surface area (Å²) in [6, 6.07) is 26.5. The number of hydrogen-bond acceptors (Lipinski definition) is 4. The topological polar surface area (TPSA) is 61.4 Å². The number of rotatable bonds is 20. The Labute approximate surface area is 300 Å². The Hall–Kier alpha value is -2.55. The Morgan fingerprint density at radius 1 is 0.532 bits per heavy atom. The van der Waals surface area contributed by atoms with Crippen LogP contribution in [-0.4, -0.2) is 71.8 Å². The zero-order valence-corrected chi connectivity index (χ0v) is 32.4. The van der Waals surface area contributed by atoms with Crippen molar-refractivity contribution in [3.05, 3.63) is 84.7 Å². The van der Waals surface area contributed by atoms with Gasteiger partial charge in [0.25, 0.3) is 0 Å². The van der Waals surface area contributed by atoms with Crippen molar-refractivity contribution in [2.45, 2.75) is 104 Å². The van der Waals surface area contributed by atoms with Crippen LogP contribution in [0.15, 0.2) is 78.9 Å². The molecule has 0 saturated carbocycles. The van der Waals surface area contributed by atoms with Crippen LogP contribution >= 0.6 is 0 Å². The second-order valence-corrected chi connectivity index (χ2v) is 18.1. The van der Waals surface area contributed by atoms with E-state index in [0.29, 0.717) is 0 Å². The molecule has 47 heavy (non-hydrogen) atoms. The predicted octanol–water partition coefficient (Wildman–Crippen LogP) is 6.37. The fourth-order valence-corrected chi connectivity index (χ4v) is 11.3. The molecule has 0 amide bonds. The summed E-state index contributed by atoms with van der Waals surface area (Å²) in [7, 11) is 0. The van der Waals surface area contributed by atoms with Crippen LogP contribution in [0.4, 0.5) is 4.39 Å². The summed E-state index contributed by atoms with van der Waals surface area (Å²) < 4.78 is 24.7. The van der Waals surface area contributed by atoms with Crippen molar-refractivity contribution in [1.82, 2.24) is 30.0 Å². The van der Waals surface area contributed by atoms with Gasteiger partial charge in [0.1, 0.15) is 0 Å². The Balaban J connectivity index is 1.44. The van der Waals surface area contributed by atoms with Crippen LogP contribution < -0.4 is 14.7 Å². The molecule has 5 aromatic rings. The first kappa shape index (κ1) is 35.7. The van der Waals surface area contributed by atoms with E-state index in [1.54, 1.807) is 12.1 Å². The van der Waals surface area contributed by atoms with Gasteiger partial charge in [0.05, 0.1) is 0 Å². The van der Waals surface area contributed by atoms with Crippen molar-refractivity contribution in [1.29, 1.82) is 0 Å². The molecule has 2 heterocycles. The number of halogens is 1. The molecule has 5 rings (SSSR count). The number of aryl methyl sites for hydroxylation is 2. The van der Waals surface area contributed by atoms with E-state index in [-0.39, 0.29) is 5.82 Å². The average molecular weight is 862 g/mol. The van der Waals surface area contributed by atoms with Gasteiger partial charge in [-0.1, -0.05) is 0 Å². The SMILES string of the molecule is CCCCCCCCn1nnc(-c2cc(F)cc(-c3nnn(CCCCCCCC)c3[Te]c3ccccc3)c2)c1[Te]c1ccccc1. The number of hydrogen-bond donors (Lipinski definition) is 0. The molecule has 0 bridgehead atoms. The minimum atomic E-state index is -0.798. The molecule has 3 aromatic carbocycles. The number of benzene rings is 3. The molecular formula is C38H47FN6Te2. The van der Waals surface area contributed by atoms with Gasteiger partial charge in [-0.05, 0) is 0 Å². The molecule has 0 atom stereocenters. The van der Waals surface area contributed by atoms with Gasteiger partial charge >= 0.3 is 302 Å². The third-order valence-electron chi connectivity index (χ3n) is 8.19. The second-order valence-electron chi connectivity index (χ2n) is 12.0. The molecule has 0 aliphatic rings. The molecule has 0 saturated heterocycles. The Kier molecular flexibility index (Phi) is 14.8. The number of nitrogens with zero attached hydrogens (tertiary/aromatic N) is 6. The van der Waals surface area contributed by atoms with Gasteiger partial charge < -0.3 is 0 Å². The zero-order chi connectivity index (χ0) is 32.7. The molecule has 0 aliphatic heterocycles. The number of aromatic nitrogens is 6. The van der Waals surface area contributed by atoms with E-state index in [0.717, 1.165) is 55.9 Å². The Morgan fingerprint density at radius 3 is 1.36 bits per heavy atom. The summed E-state index contributed by atoms with van der Waals surface area (Å²) in [5.41, 5.74) is 3.12. The van der Waals surface area contributed by atoms with Crippen molar-refractivity contribution in [2.24, 2.45) is 0 Å². The van der Waals surface area contributed by atoms with E-state index >= 15 is 4.39 Å². The molecule has 248 valence electrons.